The van der Waals surface area contributed by atoms with Gasteiger partial charge in [-0.2, -0.15) is 0 Å². The van der Waals surface area contributed by atoms with E-state index in [1.807, 2.05) is 44.3 Å². The third-order valence-corrected chi connectivity index (χ3v) is 2.07. The third kappa shape index (κ3) is 3.30. The Morgan fingerprint density at radius 2 is 1.77 bits per heavy atom. The van der Waals surface area contributed by atoms with Crippen molar-refractivity contribution in [3.63, 3.8) is 0 Å². The van der Waals surface area contributed by atoms with Gasteiger partial charge in [-0.15, -0.1) is 0 Å². The number of aliphatic hydroxyl groups excluding tert-OH is 1. The molecule has 0 amide bonds. The maximum Gasteiger partial charge on any atom is 0.0940 e. The molecule has 0 heterocycles. The quantitative estimate of drug-likeness (QED) is 0.662. The summed E-state index contributed by atoms with van der Waals surface area (Å²) >= 11 is 0. The molecule has 0 aromatic heterocycles. The van der Waals surface area contributed by atoms with Gasteiger partial charge in [-0.25, -0.2) is 0 Å². The van der Waals surface area contributed by atoms with Gasteiger partial charge in [0.25, 0.3) is 0 Å². The molecular formula is C10H19NOSi. The van der Waals surface area contributed by atoms with E-state index in [2.05, 4.69) is 5.32 Å². The Balaban J connectivity index is 0.00000144. The van der Waals surface area contributed by atoms with Crippen LogP contribution >= 0.6 is 0 Å². The second kappa shape index (κ2) is 5.91. The lowest BCUT2D eigenvalue weighted by Gasteiger charge is -2.17. The first-order chi connectivity index (χ1) is 5.75. The molecule has 2 nitrogen and oxygen atoms in total. The molecule has 1 rings (SSSR count). The van der Waals surface area contributed by atoms with Crippen molar-refractivity contribution in [1.29, 1.82) is 0 Å². The molecule has 1 aromatic rings. The number of benzene rings is 1. The van der Waals surface area contributed by atoms with Crippen molar-refractivity contribution in [2.24, 2.45) is 0 Å². The van der Waals surface area contributed by atoms with Crippen LogP contribution in [0.2, 0.25) is 0 Å². The average Bonchev–Trinajstić information content (AvgIpc) is 2.17. The van der Waals surface area contributed by atoms with E-state index >= 15 is 0 Å². The lowest BCUT2D eigenvalue weighted by Crippen LogP contribution is -2.28. The Labute approximate surface area is 84.0 Å². The first-order valence-electron chi connectivity index (χ1n) is 4.16. The highest BCUT2D eigenvalue weighted by atomic mass is 28.1. The van der Waals surface area contributed by atoms with Gasteiger partial charge in [-0.1, -0.05) is 30.3 Å². The lowest BCUT2D eigenvalue weighted by molar-refractivity contribution is 0.140. The van der Waals surface area contributed by atoms with Crippen LogP contribution in [-0.2, 0) is 0 Å². The summed E-state index contributed by atoms with van der Waals surface area (Å²) in [6.45, 7) is 1.96. The predicted octanol–water partition coefficient (Wildman–Crippen LogP) is -0.124. The highest BCUT2D eigenvalue weighted by Crippen LogP contribution is 2.15. The molecule has 0 aliphatic heterocycles. The van der Waals surface area contributed by atoms with Crippen LogP contribution in [0.5, 0.6) is 0 Å². The maximum atomic E-state index is 9.73. The van der Waals surface area contributed by atoms with Crippen molar-refractivity contribution < 1.29 is 5.11 Å². The summed E-state index contributed by atoms with van der Waals surface area (Å²) in [5, 5.41) is 12.7. The van der Waals surface area contributed by atoms with Crippen LogP contribution in [0.1, 0.15) is 18.6 Å². The number of hydrogen-bond acceptors (Lipinski definition) is 2. The molecule has 74 valence electrons. The van der Waals surface area contributed by atoms with Crippen molar-refractivity contribution >= 4 is 11.0 Å². The van der Waals surface area contributed by atoms with Crippen LogP contribution in [0.15, 0.2) is 30.3 Å². The van der Waals surface area contributed by atoms with Crippen LogP contribution in [0.3, 0.4) is 0 Å². The number of likely N-dealkylation sites (N-methyl/N-ethyl adjacent to an activating group) is 1. The Morgan fingerprint density at radius 3 is 2.23 bits per heavy atom. The number of nitrogens with one attached hydrogen (secondary N) is 1. The van der Waals surface area contributed by atoms with Crippen molar-refractivity contribution in [1.82, 2.24) is 5.32 Å². The van der Waals surface area contributed by atoms with Gasteiger partial charge >= 0.3 is 0 Å². The Kier molecular flexibility index (Phi) is 5.62. The Morgan fingerprint density at radius 1 is 1.23 bits per heavy atom. The van der Waals surface area contributed by atoms with Crippen LogP contribution in [0, 0.1) is 0 Å². The second-order valence-corrected chi connectivity index (χ2v) is 2.93. The molecule has 0 radical (unpaired) electrons. The second-order valence-electron chi connectivity index (χ2n) is 2.93. The molecule has 0 spiro atoms. The van der Waals surface area contributed by atoms with E-state index in [1.165, 1.54) is 0 Å². The molecule has 2 N–H and O–H groups in total. The zero-order valence-electron chi connectivity index (χ0n) is 7.49. The van der Waals surface area contributed by atoms with Crippen LogP contribution in [-0.4, -0.2) is 29.2 Å². The van der Waals surface area contributed by atoms with E-state index in [0.29, 0.717) is 0 Å². The summed E-state index contributed by atoms with van der Waals surface area (Å²) in [4.78, 5) is 0. The largest absolute Gasteiger partial charge is 0.387 e. The predicted molar refractivity (Wildman–Crippen MR) is 61.3 cm³/mol. The van der Waals surface area contributed by atoms with Gasteiger partial charge in [-0.05, 0) is 30.5 Å². The van der Waals surface area contributed by atoms with Crippen molar-refractivity contribution in [3.8, 4) is 0 Å². The molecule has 1 aromatic carbocycles. The third-order valence-electron chi connectivity index (χ3n) is 2.07. The number of hydrogen-bond donors (Lipinski definition) is 2. The summed E-state index contributed by atoms with van der Waals surface area (Å²) in [6.07, 6.45) is -0.420. The molecule has 0 fully saturated rings. The Hall–Kier alpha value is -0.643. The molecule has 0 saturated carbocycles. The SMILES string of the molecule is CN[C@@H](C)[C@H](O)c1ccccc1.[SiH4]. The maximum absolute atomic E-state index is 9.73. The molecule has 2 atom stereocenters. The number of rotatable bonds is 3. The summed E-state index contributed by atoms with van der Waals surface area (Å²) in [6, 6.07) is 9.76. The lowest BCUT2D eigenvalue weighted by atomic mass is 10.0. The van der Waals surface area contributed by atoms with Crippen molar-refractivity contribution in [3.05, 3.63) is 35.9 Å². The van der Waals surface area contributed by atoms with E-state index in [-0.39, 0.29) is 17.0 Å². The molecule has 0 aliphatic rings. The first kappa shape index (κ1) is 12.4. The van der Waals surface area contributed by atoms with Gasteiger partial charge in [0.1, 0.15) is 0 Å². The molecule has 0 unspecified atom stereocenters. The molecule has 0 aliphatic carbocycles. The van der Waals surface area contributed by atoms with Crippen LogP contribution in [0.25, 0.3) is 0 Å². The number of aliphatic hydroxyl groups is 1. The molecule has 13 heavy (non-hydrogen) atoms. The monoisotopic (exact) mass is 197 g/mol. The average molecular weight is 197 g/mol. The highest BCUT2D eigenvalue weighted by Gasteiger charge is 2.12. The van der Waals surface area contributed by atoms with Crippen molar-refractivity contribution in [2.75, 3.05) is 7.05 Å². The van der Waals surface area contributed by atoms with Crippen LogP contribution in [0.4, 0.5) is 0 Å². The van der Waals surface area contributed by atoms with E-state index < -0.39 is 6.10 Å². The van der Waals surface area contributed by atoms with Gasteiger partial charge in [0.15, 0.2) is 0 Å². The minimum Gasteiger partial charge on any atom is -0.387 e. The van der Waals surface area contributed by atoms with Crippen LogP contribution < -0.4 is 5.32 Å². The standard InChI is InChI=1S/C10H15NO.H4Si/c1-8(11-2)10(12)9-6-4-3-5-7-9;/h3-8,10-12H,1-2H3;1H4/t8-,10-;/m0./s1. The van der Waals surface area contributed by atoms with Gasteiger partial charge in [0.05, 0.1) is 6.10 Å². The molecule has 3 heteroatoms. The van der Waals surface area contributed by atoms with Gasteiger partial charge in [-0.3, -0.25) is 0 Å². The minimum absolute atomic E-state index is 0. The van der Waals surface area contributed by atoms with E-state index in [1.54, 1.807) is 0 Å². The molecule has 0 bridgehead atoms. The summed E-state index contributed by atoms with van der Waals surface area (Å²) in [7, 11) is 1.84. The summed E-state index contributed by atoms with van der Waals surface area (Å²) in [5.74, 6) is 0. The zero-order chi connectivity index (χ0) is 8.97. The summed E-state index contributed by atoms with van der Waals surface area (Å²) in [5.41, 5.74) is 0.958. The topological polar surface area (TPSA) is 32.3 Å². The summed E-state index contributed by atoms with van der Waals surface area (Å²) < 4.78 is 0. The molecule has 0 saturated heterocycles. The Bertz CT molecular complexity index is 228. The van der Waals surface area contributed by atoms with E-state index in [4.69, 9.17) is 0 Å². The van der Waals surface area contributed by atoms with E-state index in [9.17, 15) is 5.11 Å². The molecular weight excluding hydrogens is 178 g/mol. The van der Waals surface area contributed by atoms with Gasteiger partial charge in [0.2, 0.25) is 0 Å². The fraction of sp³-hybridized carbons (Fsp3) is 0.400. The fourth-order valence-electron chi connectivity index (χ4n) is 1.10. The van der Waals surface area contributed by atoms with E-state index in [0.717, 1.165) is 5.56 Å². The van der Waals surface area contributed by atoms with Crippen molar-refractivity contribution in [2.45, 2.75) is 19.1 Å². The van der Waals surface area contributed by atoms with Gasteiger partial charge in [0, 0.05) is 6.04 Å². The minimum atomic E-state index is -0.420. The fourth-order valence-corrected chi connectivity index (χ4v) is 1.10. The smallest absolute Gasteiger partial charge is 0.0940 e. The highest BCUT2D eigenvalue weighted by molar-refractivity contribution is 5.75. The van der Waals surface area contributed by atoms with Gasteiger partial charge < -0.3 is 10.4 Å². The first-order valence-corrected chi connectivity index (χ1v) is 4.16. The zero-order valence-corrected chi connectivity index (χ0v) is 7.49. The normalized spacial score (nSPS) is 14.4.